The third-order valence-electron chi connectivity index (χ3n) is 5.02. The Bertz CT molecular complexity index is 730. The summed E-state index contributed by atoms with van der Waals surface area (Å²) < 4.78 is 18.3. The molecule has 2 aliphatic carbocycles. The fourth-order valence-corrected chi connectivity index (χ4v) is 3.29. The van der Waals surface area contributed by atoms with Crippen molar-refractivity contribution in [1.82, 2.24) is 9.55 Å². The van der Waals surface area contributed by atoms with Gasteiger partial charge in [0.05, 0.1) is 12.2 Å². The number of nitrogens with zero attached hydrogens (tertiary/aromatic N) is 1. The highest BCUT2D eigenvalue weighted by molar-refractivity contribution is 5.80. The molecule has 2 saturated carbocycles. The number of methoxy groups -OCH3 is 1. The third-order valence-corrected chi connectivity index (χ3v) is 5.02. The van der Waals surface area contributed by atoms with Crippen molar-refractivity contribution < 1.29 is 19.0 Å². The van der Waals surface area contributed by atoms with Crippen molar-refractivity contribution in [1.29, 1.82) is 0 Å². The number of carbonyl (C=O) groups is 1. The van der Waals surface area contributed by atoms with E-state index in [-0.39, 0.29) is 24.8 Å². The van der Waals surface area contributed by atoms with Gasteiger partial charge in [-0.2, -0.15) is 0 Å². The summed E-state index contributed by atoms with van der Waals surface area (Å²) in [7, 11) is 1.54. The third kappa shape index (κ3) is 4.62. The molecule has 1 N–H and O–H groups in total. The van der Waals surface area contributed by atoms with Gasteiger partial charge in [0, 0.05) is 25.9 Å². The van der Waals surface area contributed by atoms with Crippen molar-refractivity contribution in [3.8, 4) is 0 Å². The van der Waals surface area contributed by atoms with Gasteiger partial charge in [0.25, 0.3) is 5.56 Å². The van der Waals surface area contributed by atoms with Crippen molar-refractivity contribution in [3.05, 3.63) is 33.1 Å². The molecule has 1 aromatic rings. The highest BCUT2D eigenvalue weighted by Crippen LogP contribution is 2.40. The molecule has 3 rings (SSSR count). The molecule has 2 fully saturated rings. The maximum Gasteiger partial charge on any atom is 0.338 e. The summed E-state index contributed by atoms with van der Waals surface area (Å²) >= 11 is 0. The van der Waals surface area contributed by atoms with Crippen LogP contribution in [0.4, 0.5) is 0 Å². The van der Waals surface area contributed by atoms with Gasteiger partial charge < -0.3 is 18.8 Å². The van der Waals surface area contributed by atoms with Crippen LogP contribution in [0.2, 0.25) is 0 Å². The van der Waals surface area contributed by atoms with E-state index in [1.54, 1.807) is 7.11 Å². The van der Waals surface area contributed by atoms with Gasteiger partial charge in [-0.3, -0.25) is 9.78 Å². The van der Waals surface area contributed by atoms with Gasteiger partial charge in [-0.15, -0.1) is 0 Å². The van der Waals surface area contributed by atoms with Crippen LogP contribution in [0.25, 0.3) is 0 Å². The fraction of sp³-hybridized carbons (Fsp3) is 0.722. The van der Waals surface area contributed by atoms with E-state index in [4.69, 9.17) is 14.2 Å². The minimum absolute atomic E-state index is 0.114. The Morgan fingerprint density at radius 1 is 1.35 bits per heavy atom. The first kappa shape index (κ1) is 18.8. The first-order chi connectivity index (χ1) is 12.5. The Morgan fingerprint density at radius 3 is 2.69 bits per heavy atom. The predicted molar refractivity (Wildman–Crippen MR) is 93.0 cm³/mol. The number of hydrogen-bond donors (Lipinski definition) is 1. The van der Waals surface area contributed by atoms with Gasteiger partial charge in [0.15, 0.2) is 5.60 Å². The number of hydrogen-bond acceptors (Lipinski definition) is 6. The van der Waals surface area contributed by atoms with Crippen LogP contribution in [0, 0.1) is 0 Å². The molecule has 2 aliphatic rings. The second kappa shape index (κ2) is 8.18. The summed E-state index contributed by atoms with van der Waals surface area (Å²) in [5.41, 5.74) is -1.68. The first-order valence-corrected chi connectivity index (χ1v) is 9.20. The van der Waals surface area contributed by atoms with Crippen LogP contribution in [0.15, 0.2) is 21.9 Å². The monoisotopic (exact) mass is 366 g/mol. The highest BCUT2D eigenvalue weighted by atomic mass is 16.6. The van der Waals surface area contributed by atoms with E-state index in [0.717, 1.165) is 25.7 Å². The molecule has 0 amide bonds. The molecular formula is C18H26N2O6. The number of carbonyl (C=O) groups excluding carboxylic acids is 1. The van der Waals surface area contributed by atoms with Crippen LogP contribution in [-0.4, -0.2) is 47.0 Å². The maximum absolute atomic E-state index is 12.6. The largest absolute Gasteiger partial charge is 0.461 e. The summed E-state index contributed by atoms with van der Waals surface area (Å²) in [6.45, 7) is 0.471. The number of aromatic nitrogens is 2. The smallest absolute Gasteiger partial charge is 0.338 e. The molecule has 144 valence electrons. The Labute approximate surface area is 151 Å². The lowest BCUT2D eigenvalue weighted by Gasteiger charge is -2.28. The van der Waals surface area contributed by atoms with Gasteiger partial charge in [-0.05, 0) is 44.9 Å². The number of nitrogens with one attached hydrogen (secondary N) is 1. The molecule has 0 bridgehead atoms. The van der Waals surface area contributed by atoms with Crippen LogP contribution >= 0.6 is 0 Å². The van der Waals surface area contributed by atoms with Crippen LogP contribution in [0.5, 0.6) is 0 Å². The standard InChI is InChI=1S/C18H26N2O6/c1-24-14(6-10-20-11-7-15(21)19-17(20)23)12-25-16(22)18(8-2-3-9-18)26-13-4-5-13/h7,11,13-14H,2-6,8-10,12H2,1H3,(H,19,21,23). The van der Waals surface area contributed by atoms with Crippen molar-refractivity contribution in [3.63, 3.8) is 0 Å². The lowest BCUT2D eigenvalue weighted by Crippen LogP contribution is -2.42. The molecule has 1 aromatic heterocycles. The van der Waals surface area contributed by atoms with Crippen molar-refractivity contribution in [2.45, 2.75) is 69.3 Å². The highest BCUT2D eigenvalue weighted by Gasteiger charge is 2.47. The van der Waals surface area contributed by atoms with Crippen molar-refractivity contribution in [2.24, 2.45) is 0 Å². The van der Waals surface area contributed by atoms with Crippen molar-refractivity contribution in [2.75, 3.05) is 13.7 Å². The Kier molecular flexibility index (Phi) is 5.93. The summed E-state index contributed by atoms with van der Waals surface area (Å²) in [6, 6.07) is 1.29. The summed E-state index contributed by atoms with van der Waals surface area (Å²) in [5.74, 6) is -0.301. The molecule has 8 heteroatoms. The number of ether oxygens (including phenoxy) is 3. The number of esters is 1. The topological polar surface area (TPSA) is 99.6 Å². The number of H-pyrrole nitrogens is 1. The quantitative estimate of drug-likeness (QED) is 0.654. The minimum atomic E-state index is -0.782. The Hall–Kier alpha value is -1.93. The van der Waals surface area contributed by atoms with E-state index in [1.165, 1.54) is 16.8 Å². The number of aromatic amines is 1. The predicted octanol–water partition coefficient (Wildman–Crippen LogP) is 0.977. The summed E-state index contributed by atoms with van der Waals surface area (Å²) in [6.07, 6.45) is 7.20. The van der Waals surface area contributed by atoms with E-state index in [1.807, 2.05) is 0 Å². The molecular weight excluding hydrogens is 340 g/mol. The molecule has 0 radical (unpaired) electrons. The SMILES string of the molecule is COC(CCn1ccc(=O)[nH]c1=O)COC(=O)C1(OC2CC2)CCCC1. The first-order valence-electron chi connectivity index (χ1n) is 9.20. The molecule has 0 spiro atoms. The average Bonchev–Trinajstić information content (AvgIpc) is 3.30. The molecule has 26 heavy (non-hydrogen) atoms. The van der Waals surface area contributed by atoms with E-state index in [2.05, 4.69) is 4.98 Å². The van der Waals surface area contributed by atoms with Crippen LogP contribution < -0.4 is 11.2 Å². The molecule has 1 heterocycles. The van der Waals surface area contributed by atoms with Crippen LogP contribution in [0.1, 0.15) is 44.9 Å². The molecule has 0 aromatic carbocycles. The van der Waals surface area contributed by atoms with E-state index < -0.39 is 16.9 Å². The minimum Gasteiger partial charge on any atom is -0.461 e. The van der Waals surface area contributed by atoms with E-state index >= 15 is 0 Å². The lowest BCUT2D eigenvalue weighted by atomic mass is 10.0. The van der Waals surface area contributed by atoms with Gasteiger partial charge in [0.2, 0.25) is 0 Å². The molecule has 1 unspecified atom stereocenters. The fourth-order valence-electron chi connectivity index (χ4n) is 3.29. The van der Waals surface area contributed by atoms with Gasteiger partial charge >= 0.3 is 11.7 Å². The normalized spacial score (nSPS) is 20.0. The van der Waals surface area contributed by atoms with E-state index in [0.29, 0.717) is 25.8 Å². The molecule has 0 aliphatic heterocycles. The molecule has 8 nitrogen and oxygen atoms in total. The van der Waals surface area contributed by atoms with Crippen LogP contribution in [0.3, 0.4) is 0 Å². The zero-order valence-electron chi connectivity index (χ0n) is 15.1. The maximum atomic E-state index is 12.6. The summed E-state index contributed by atoms with van der Waals surface area (Å²) in [4.78, 5) is 37.6. The number of aryl methyl sites for hydroxylation is 1. The van der Waals surface area contributed by atoms with Gasteiger partial charge in [-0.25, -0.2) is 9.59 Å². The Morgan fingerprint density at radius 2 is 2.08 bits per heavy atom. The van der Waals surface area contributed by atoms with E-state index in [9.17, 15) is 14.4 Å². The van der Waals surface area contributed by atoms with Crippen molar-refractivity contribution >= 4 is 5.97 Å². The number of rotatable bonds is 9. The molecule has 1 atom stereocenters. The second-order valence-electron chi connectivity index (χ2n) is 7.07. The summed E-state index contributed by atoms with van der Waals surface area (Å²) in [5, 5.41) is 0. The molecule has 0 saturated heterocycles. The average molecular weight is 366 g/mol. The Balaban J connectivity index is 1.51. The lowest BCUT2D eigenvalue weighted by molar-refractivity contribution is -0.177. The van der Waals surface area contributed by atoms with Crippen LogP contribution in [-0.2, 0) is 25.5 Å². The second-order valence-corrected chi connectivity index (χ2v) is 7.07. The van der Waals surface area contributed by atoms with Gasteiger partial charge in [-0.1, -0.05) is 0 Å². The zero-order chi connectivity index (χ0) is 18.6. The zero-order valence-corrected chi connectivity index (χ0v) is 15.1. The van der Waals surface area contributed by atoms with Gasteiger partial charge in [0.1, 0.15) is 6.61 Å².